The first kappa shape index (κ1) is 18.9. The largest absolute Gasteiger partial charge is 0.370 e. The number of rotatable bonds is 6. The van der Waals surface area contributed by atoms with E-state index in [1.807, 2.05) is 37.4 Å². The average molecular weight is 404 g/mol. The average Bonchev–Trinajstić information content (AvgIpc) is 3.19. The van der Waals surface area contributed by atoms with Gasteiger partial charge in [-0.2, -0.15) is 0 Å². The number of benzene rings is 1. The first-order valence-electron chi connectivity index (χ1n) is 9.23. The zero-order valence-electron chi connectivity index (χ0n) is 16.1. The lowest BCUT2D eigenvalue weighted by molar-refractivity contribution is 0.0964. The van der Waals surface area contributed by atoms with Gasteiger partial charge in [0.1, 0.15) is 12.1 Å². The van der Waals surface area contributed by atoms with E-state index in [1.54, 1.807) is 37.0 Å². The predicted molar refractivity (Wildman–Crippen MR) is 115 cm³/mol. The maximum absolute atomic E-state index is 12.1. The molecule has 7 nitrogen and oxygen atoms in total. The molecule has 3 aromatic heterocycles. The van der Waals surface area contributed by atoms with Gasteiger partial charge in [0.2, 0.25) is 0 Å². The molecule has 0 bridgehead atoms. The van der Waals surface area contributed by atoms with Crippen LogP contribution in [0.2, 0.25) is 0 Å². The fraction of sp³-hybridized carbons (Fsp3) is 0.190. The van der Waals surface area contributed by atoms with Crippen molar-refractivity contribution >= 4 is 34.0 Å². The molecule has 0 aliphatic carbocycles. The van der Waals surface area contributed by atoms with Crippen LogP contribution < -0.4 is 10.6 Å². The molecule has 4 aromatic rings. The second-order valence-electron chi connectivity index (χ2n) is 6.46. The number of hydrogen-bond acceptors (Lipinski definition) is 7. The van der Waals surface area contributed by atoms with Crippen LogP contribution in [0.25, 0.3) is 21.5 Å². The molecule has 4 rings (SSSR count). The van der Waals surface area contributed by atoms with E-state index in [0.29, 0.717) is 12.1 Å². The van der Waals surface area contributed by atoms with Crippen molar-refractivity contribution in [2.75, 3.05) is 18.9 Å². The topological polar surface area (TPSA) is 92.7 Å². The number of thiazole rings is 1. The highest BCUT2D eigenvalue weighted by molar-refractivity contribution is 7.15. The standard InChI is InChI=1S/C21H20N6OS/c1-13-25-11-18(29-13)17-10-19(27-12-26-17)23-8-6-14-4-3-5-15-16(21(28)22-2)7-9-24-20(14)15/h3-5,7,9-12H,6,8H2,1-2H3,(H,22,28)(H,23,26,27). The molecule has 0 saturated heterocycles. The van der Waals surface area contributed by atoms with Crippen molar-refractivity contribution < 1.29 is 4.79 Å². The monoisotopic (exact) mass is 404 g/mol. The molecular formula is C21H20N6OS. The lowest BCUT2D eigenvalue weighted by atomic mass is 10.0. The molecule has 8 heteroatoms. The van der Waals surface area contributed by atoms with E-state index >= 15 is 0 Å². The number of carbonyl (C=O) groups excluding carboxylic acids is 1. The van der Waals surface area contributed by atoms with Crippen LogP contribution in [0, 0.1) is 6.92 Å². The normalized spacial score (nSPS) is 10.8. The SMILES string of the molecule is CNC(=O)c1ccnc2c(CCNc3cc(-c4cnc(C)s4)ncn3)cccc12. The molecule has 29 heavy (non-hydrogen) atoms. The Bertz CT molecular complexity index is 1170. The maximum Gasteiger partial charge on any atom is 0.251 e. The van der Waals surface area contributed by atoms with Gasteiger partial charge in [-0.25, -0.2) is 15.0 Å². The Morgan fingerprint density at radius 2 is 2.03 bits per heavy atom. The summed E-state index contributed by atoms with van der Waals surface area (Å²) in [6.07, 6.45) is 5.82. The fourth-order valence-corrected chi connectivity index (χ4v) is 3.91. The highest BCUT2D eigenvalue weighted by Crippen LogP contribution is 2.25. The van der Waals surface area contributed by atoms with Crippen LogP contribution in [-0.2, 0) is 6.42 Å². The fourth-order valence-electron chi connectivity index (χ4n) is 3.17. The molecule has 0 atom stereocenters. The van der Waals surface area contributed by atoms with Crippen molar-refractivity contribution in [1.82, 2.24) is 25.3 Å². The van der Waals surface area contributed by atoms with Gasteiger partial charge in [0.15, 0.2) is 0 Å². The Hall–Kier alpha value is -3.39. The summed E-state index contributed by atoms with van der Waals surface area (Å²) in [4.78, 5) is 30.6. The molecule has 1 aromatic carbocycles. The lowest BCUT2D eigenvalue weighted by Gasteiger charge is -2.10. The Balaban J connectivity index is 1.50. The number of hydrogen-bond donors (Lipinski definition) is 2. The number of para-hydroxylation sites is 1. The Morgan fingerprint density at radius 3 is 2.83 bits per heavy atom. The minimum absolute atomic E-state index is 0.112. The van der Waals surface area contributed by atoms with Crippen LogP contribution in [0.3, 0.4) is 0 Å². The van der Waals surface area contributed by atoms with Crippen LogP contribution >= 0.6 is 11.3 Å². The van der Waals surface area contributed by atoms with Gasteiger partial charge < -0.3 is 10.6 Å². The molecule has 0 spiro atoms. The number of aryl methyl sites for hydroxylation is 1. The van der Waals surface area contributed by atoms with Gasteiger partial charge in [0, 0.05) is 37.4 Å². The second-order valence-corrected chi connectivity index (χ2v) is 7.69. The smallest absolute Gasteiger partial charge is 0.251 e. The number of fused-ring (bicyclic) bond motifs is 1. The van der Waals surface area contributed by atoms with E-state index in [1.165, 1.54) is 0 Å². The summed E-state index contributed by atoms with van der Waals surface area (Å²) in [6, 6.07) is 9.60. The molecule has 0 fully saturated rings. The number of nitrogens with one attached hydrogen (secondary N) is 2. The summed E-state index contributed by atoms with van der Waals surface area (Å²) < 4.78 is 0. The van der Waals surface area contributed by atoms with E-state index in [0.717, 1.165) is 44.3 Å². The van der Waals surface area contributed by atoms with Gasteiger partial charge in [-0.3, -0.25) is 9.78 Å². The molecule has 3 heterocycles. The number of aromatic nitrogens is 4. The quantitative estimate of drug-likeness (QED) is 0.511. The van der Waals surface area contributed by atoms with Gasteiger partial charge in [0.25, 0.3) is 5.91 Å². The molecule has 1 amide bonds. The van der Waals surface area contributed by atoms with Gasteiger partial charge in [-0.05, 0) is 25.0 Å². The predicted octanol–water partition coefficient (Wildman–Crippen LogP) is 3.47. The van der Waals surface area contributed by atoms with E-state index in [-0.39, 0.29) is 5.91 Å². The minimum Gasteiger partial charge on any atom is -0.370 e. The highest BCUT2D eigenvalue weighted by atomic mass is 32.1. The van der Waals surface area contributed by atoms with Crippen molar-refractivity contribution in [3.05, 3.63) is 65.2 Å². The maximum atomic E-state index is 12.1. The molecule has 0 saturated carbocycles. The Morgan fingerprint density at radius 1 is 1.14 bits per heavy atom. The summed E-state index contributed by atoms with van der Waals surface area (Å²) in [7, 11) is 1.63. The third-order valence-electron chi connectivity index (χ3n) is 4.57. The number of anilines is 1. The third kappa shape index (κ3) is 4.07. The number of carbonyl (C=O) groups is 1. The van der Waals surface area contributed by atoms with Gasteiger partial charge in [-0.1, -0.05) is 18.2 Å². The summed E-state index contributed by atoms with van der Waals surface area (Å²) in [5, 5.41) is 7.89. The van der Waals surface area contributed by atoms with Crippen LogP contribution in [0.4, 0.5) is 5.82 Å². The van der Waals surface area contributed by atoms with Crippen molar-refractivity contribution in [2.24, 2.45) is 0 Å². The number of nitrogens with zero attached hydrogens (tertiary/aromatic N) is 4. The zero-order chi connectivity index (χ0) is 20.2. The van der Waals surface area contributed by atoms with Crippen molar-refractivity contribution in [2.45, 2.75) is 13.3 Å². The van der Waals surface area contributed by atoms with E-state index in [4.69, 9.17) is 0 Å². The lowest BCUT2D eigenvalue weighted by Crippen LogP contribution is -2.18. The van der Waals surface area contributed by atoms with Crippen molar-refractivity contribution in [3.63, 3.8) is 0 Å². The van der Waals surface area contributed by atoms with E-state index in [2.05, 4.69) is 30.6 Å². The molecule has 0 radical (unpaired) electrons. The highest BCUT2D eigenvalue weighted by Gasteiger charge is 2.11. The number of amides is 1. The van der Waals surface area contributed by atoms with Gasteiger partial charge in [0.05, 0.1) is 26.7 Å². The van der Waals surface area contributed by atoms with E-state index < -0.39 is 0 Å². The molecule has 0 aliphatic heterocycles. The Labute approximate surface area is 172 Å². The van der Waals surface area contributed by atoms with Crippen LogP contribution in [0.1, 0.15) is 20.9 Å². The summed E-state index contributed by atoms with van der Waals surface area (Å²) in [6.45, 7) is 2.66. The summed E-state index contributed by atoms with van der Waals surface area (Å²) in [5.41, 5.74) is 3.41. The van der Waals surface area contributed by atoms with Crippen molar-refractivity contribution in [3.8, 4) is 10.6 Å². The number of pyridine rings is 1. The first-order chi connectivity index (χ1) is 14.2. The van der Waals surface area contributed by atoms with Crippen LogP contribution in [-0.4, -0.2) is 39.4 Å². The van der Waals surface area contributed by atoms with Gasteiger partial charge >= 0.3 is 0 Å². The first-order valence-corrected chi connectivity index (χ1v) is 10.0. The zero-order valence-corrected chi connectivity index (χ0v) is 17.0. The van der Waals surface area contributed by atoms with E-state index in [9.17, 15) is 4.79 Å². The second kappa shape index (κ2) is 8.32. The molecular weight excluding hydrogens is 384 g/mol. The molecule has 146 valence electrons. The summed E-state index contributed by atoms with van der Waals surface area (Å²) >= 11 is 1.61. The summed E-state index contributed by atoms with van der Waals surface area (Å²) in [5.74, 6) is 0.653. The minimum atomic E-state index is -0.112. The van der Waals surface area contributed by atoms with Crippen LogP contribution in [0.15, 0.2) is 49.1 Å². The van der Waals surface area contributed by atoms with Gasteiger partial charge in [-0.15, -0.1) is 11.3 Å². The van der Waals surface area contributed by atoms with Crippen LogP contribution in [0.5, 0.6) is 0 Å². The molecule has 0 unspecified atom stereocenters. The van der Waals surface area contributed by atoms with Crippen molar-refractivity contribution in [1.29, 1.82) is 0 Å². The molecule has 2 N–H and O–H groups in total. The molecule has 0 aliphatic rings. The third-order valence-corrected chi connectivity index (χ3v) is 5.50. The Kier molecular flexibility index (Phi) is 5.44.